The van der Waals surface area contributed by atoms with Crippen molar-refractivity contribution < 1.29 is 4.79 Å². The summed E-state index contributed by atoms with van der Waals surface area (Å²) < 4.78 is 0. The van der Waals surface area contributed by atoms with Crippen LogP contribution in [-0.4, -0.2) is 25.5 Å². The molecule has 110 valence electrons. The molecule has 0 aliphatic heterocycles. The molecule has 3 nitrogen and oxygen atoms in total. The Morgan fingerprint density at radius 3 is 2.55 bits per heavy atom. The van der Waals surface area contributed by atoms with Crippen LogP contribution >= 0.6 is 0 Å². The minimum atomic E-state index is 0.0432. The summed E-state index contributed by atoms with van der Waals surface area (Å²) in [6.07, 6.45) is 7.82. The highest BCUT2D eigenvalue weighted by Crippen LogP contribution is 2.27. The number of hydrogen-bond donors (Lipinski definition) is 2. The van der Waals surface area contributed by atoms with Crippen molar-refractivity contribution in [3.8, 4) is 0 Å². The number of rotatable bonds is 6. The summed E-state index contributed by atoms with van der Waals surface area (Å²) >= 11 is 0. The molecule has 1 aromatic carbocycles. The first-order valence-corrected chi connectivity index (χ1v) is 7.80. The van der Waals surface area contributed by atoms with Crippen molar-refractivity contribution in [2.45, 2.75) is 44.6 Å². The van der Waals surface area contributed by atoms with Crippen LogP contribution in [-0.2, 0) is 0 Å². The Balaban J connectivity index is 1.89. The monoisotopic (exact) mass is 274 g/mol. The Morgan fingerprint density at radius 1 is 1.20 bits per heavy atom. The fourth-order valence-electron chi connectivity index (χ4n) is 3.12. The van der Waals surface area contributed by atoms with Crippen LogP contribution in [0.3, 0.4) is 0 Å². The molecule has 0 radical (unpaired) electrons. The average molecular weight is 274 g/mol. The van der Waals surface area contributed by atoms with Gasteiger partial charge in [0, 0.05) is 18.2 Å². The normalized spacial score (nSPS) is 17.6. The summed E-state index contributed by atoms with van der Waals surface area (Å²) in [6.45, 7) is 0.842. The van der Waals surface area contributed by atoms with E-state index in [0.29, 0.717) is 0 Å². The fraction of sp³-hybridized carbons (Fsp3) is 0.588. The van der Waals surface area contributed by atoms with E-state index < -0.39 is 0 Å². The van der Waals surface area contributed by atoms with Gasteiger partial charge in [0.1, 0.15) is 0 Å². The second kappa shape index (κ2) is 8.05. The molecule has 1 fully saturated rings. The molecule has 0 aromatic heterocycles. The zero-order valence-corrected chi connectivity index (χ0v) is 12.4. The van der Waals surface area contributed by atoms with E-state index in [1.807, 2.05) is 37.4 Å². The van der Waals surface area contributed by atoms with Crippen LogP contribution in [0.5, 0.6) is 0 Å². The van der Waals surface area contributed by atoms with Gasteiger partial charge in [0.25, 0.3) is 5.91 Å². The number of likely N-dealkylation sites (N-methyl/N-ethyl adjacent to an activating group) is 1. The molecular weight excluding hydrogens is 248 g/mol. The Labute approximate surface area is 122 Å². The van der Waals surface area contributed by atoms with Gasteiger partial charge in [0.05, 0.1) is 0 Å². The Morgan fingerprint density at radius 2 is 1.90 bits per heavy atom. The number of nitrogens with one attached hydrogen (secondary N) is 2. The van der Waals surface area contributed by atoms with E-state index in [-0.39, 0.29) is 11.9 Å². The molecule has 1 aliphatic rings. The molecule has 1 saturated carbocycles. The lowest BCUT2D eigenvalue weighted by molar-refractivity contribution is 0.0928. The van der Waals surface area contributed by atoms with Gasteiger partial charge in [-0.25, -0.2) is 0 Å². The van der Waals surface area contributed by atoms with Crippen molar-refractivity contribution in [1.29, 1.82) is 0 Å². The summed E-state index contributed by atoms with van der Waals surface area (Å²) in [5.74, 6) is 0.819. The van der Waals surface area contributed by atoms with Crippen molar-refractivity contribution in [3.05, 3.63) is 35.9 Å². The van der Waals surface area contributed by atoms with E-state index in [1.54, 1.807) is 0 Å². The molecule has 3 heteroatoms. The van der Waals surface area contributed by atoms with Crippen LogP contribution < -0.4 is 10.6 Å². The standard InChI is InChI=1S/C17H26N2O/c1-18-13-16(12-14-8-4-2-5-9-14)19-17(20)15-10-6-3-7-11-15/h3,6-7,10-11,14,16,18H,2,4-5,8-9,12-13H2,1H3,(H,19,20). The topological polar surface area (TPSA) is 41.1 Å². The first-order chi connectivity index (χ1) is 9.79. The van der Waals surface area contributed by atoms with Gasteiger partial charge in [0.15, 0.2) is 0 Å². The van der Waals surface area contributed by atoms with Crippen molar-refractivity contribution >= 4 is 5.91 Å². The molecule has 1 aliphatic carbocycles. The van der Waals surface area contributed by atoms with Crippen LogP contribution in [0.25, 0.3) is 0 Å². The van der Waals surface area contributed by atoms with Crippen molar-refractivity contribution in [2.24, 2.45) is 5.92 Å². The Bertz CT molecular complexity index is 399. The van der Waals surface area contributed by atoms with E-state index in [9.17, 15) is 4.79 Å². The van der Waals surface area contributed by atoms with Gasteiger partial charge in [-0.3, -0.25) is 4.79 Å². The fourth-order valence-corrected chi connectivity index (χ4v) is 3.12. The van der Waals surface area contributed by atoms with Crippen LogP contribution in [0, 0.1) is 5.92 Å². The second-order valence-corrected chi connectivity index (χ2v) is 5.83. The van der Waals surface area contributed by atoms with E-state index in [0.717, 1.165) is 24.4 Å². The van der Waals surface area contributed by atoms with E-state index in [4.69, 9.17) is 0 Å². The highest BCUT2D eigenvalue weighted by atomic mass is 16.1. The van der Waals surface area contributed by atoms with Gasteiger partial charge in [-0.15, -0.1) is 0 Å². The number of carbonyl (C=O) groups is 1. The third-order valence-corrected chi connectivity index (χ3v) is 4.16. The SMILES string of the molecule is CNCC(CC1CCCCC1)NC(=O)c1ccccc1. The molecule has 1 amide bonds. The molecule has 20 heavy (non-hydrogen) atoms. The lowest BCUT2D eigenvalue weighted by Gasteiger charge is -2.27. The van der Waals surface area contributed by atoms with Gasteiger partial charge < -0.3 is 10.6 Å². The van der Waals surface area contributed by atoms with Crippen LogP contribution in [0.1, 0.15) is 48.9 Å². The Hall–Kier alpha value is -1.35. The van der Waals surface area contributed by atoms with Crippen LogP contribution in [0.2, 0.25) is 0 Å². The van der Waals surface area contributed by atoms with Gasteiger partial charge in [-0.1, -0.05) is 50.3 Å². The molecule has 1 aromatic rings. The van der Waals surface area contributed by atoms with Crippen LogP contribution in [0.4, 0.5) is 0 Å². The Kier molecular flexibility index (Phi) is 6.06. The summed E-state index contributed by atoms with van der Waals surface area (Å²) in [4.78, 5) is 12.2. The third kappa shape index (κ3) is 4.64. The first kappa shape index (κ1) is 15.0. The maximum absolute atomic E-state index is 12.2. The second-order valence-electron chi connectivity index (χ2n) is 5.83. The first-order valence-electron chi connectivity index (χ1n) is 7.80. The molecule has 0 bridgehead atoms. The van der Waals surface area contributed by atoms with E-state index >= 15 is 0 Å². The molecule has 0 heterocycles. The number of amides is 1. The summed E-state index contributed by atoms with van der Waals surface area (Å²) in [5, 5.41) is 6.38. The minimum Gasteiger partial charge on any atom is -0.348 e. The summed E-state index contributed by atoms with van der Waals surface area (Å²) in [7, 11) is 1.95. The molecular formula is C17H26N2O. The quantitative estimate of drug-likeness (QED) is 0.837. The maximum Gasteiger partial charge on any atom is 0.251 e. The molecule has 0 saturated heterocycles. The predicted molar refractivity (Wildman–Crippen MR) is 82.8 cm³/mol. The summed E-state index contributed by atoms with van der Waals surface area (Å²) in [5.41, 5.74) is 0.747. The highest BCUT2D eigenvalue weighted by Gasteiger charge is 2.20. The lowest BCUT2D eigenvalue weighted by Crippen LogP contribution is -2.42. The van der Waals surface area contributed by atoms with E-state index in [1.165, 1.54) is 32.1 Å². The molecule has 1 atom stereocenters. The smallest absolute Gasteiger partial charge is 0.251 e. The van der Waals surface area contributed by atoms with Gasteiger partial charge in [-0.05, 0) is 31.5 Å². The summed E-state index contributed by atoms with van der Waals surface area (Å²) in [6, 6.07) is 9.71. The molecule has 2 N–H and O–H groups in total. The lowest BCUT2D eigenvalue weighted by atomic mass is 9.84. The predicted octanol–water partition coefficient (Wildman–Crippen LogP) is 2.97. The van der Waals surface area contributed by atoms with Gasteiger partial charge in [-0.2, -0.15) is 0 Å². The number of carbonyl (C=O) groups excluding carboxylic acids is 1. The van der Waals surface area contributed by atoms with Gasteiger partial charge in [0.2, 0.25) is 0 Å². The molecule has 2 rings (SSSR count). The highest BCUT2D eigenvalue weighted by molar-refractivity contribution is 5.94. The molecule has 1 unspecified atom stereocenters. The zero-order chi connectivity index (χ0) is 14.2. The minimum absolute atomic E-state index is 0.0432. The average Bonchev–Trinajstić information content (AvgIpc) is 2.49. The largest absolute Gasteiger partial charge is 0.348 e. The third-order valence-electron chi connectivity index (χ3n) is 4.16. The van der Waals surface area contributed by atoms with Gasteiger partial charge >= 0.3 is 0 Å². The molecule has 0 spiro atoms. The maximum atomic E-state index is 12.2. The van der Waals surface area contributed by atoms with E-state index in [2.05, 4.69) is 10.6 Å². The zero-order valence-electron chi connectivity index (χ0n) is 12.4. The van der Waals surface area contributed by atoms with Crippen molar-refractivity contribution in [2.75, 3.05) is 13.6 Å². The van der Waals surface area contributed by atoms with Crippen molar-refractivity contribution in [1.82, 2.24) is 10.6 Å². The number of benzene rings is 1. The van der Waals surface area contributed by atoms with Crippen molar-refractivity contribution in [3.63, 3.8) is 0 Å². The van der Waals surface area contributed by atoms with Crippen LogP contribution in [0.15, 0.2) is 30.3 Å². The number of hydrogen-bond acceptors (Lipinski definition) is 2.